The molecule has 0 atom stereocenters. The molecule has 0 bridgehead atoms. The van der Waals surface area contributed by atoms with Gasteiger partial charge in [-0.05, 0) is 45.2 Å². The minimum atomic E-state index is -0.158. The molecule has 27 heavy (non-hydrogen) atoms. The molecule has 3 N–H and O–H groups in total. The molecule has 1 amide bonds. The standard InChI is InChI=1S/C19H33N5O2.HI/c1-4-11-24-12-6-16(7-13-24)23-19(20-3)22-10-5-9-21-18(25)17-15(2)8-14-26-17;/h8,14,16H,4-7,9-13H2,1-3H3,(H,21,25)(H2,20,22,23);1H. The zero-order chi connectivity index (χ0) is 18.8. The number of hydrogen-bond donors (Lipinski definition) is 3. The molecule has 0 saturated carbocycles. The Labute approximate surface area is 179 Å². The molecule has 1 saturated heterocycles. The SMILES string of the molecule is CCCN1CCC(NC(=NC)NCCCNC(=O)c2occc2C)CC1.I. The molecule has 0 radical (unpaired) electrons. The summed E-state index contributed by atoms with van der Waals surface area (Å²) in [6.45, 7) is 8.95. The number of carbonyl (C=O) groups excluding carboxylic acids is 1. The summed E-state index contributed by atoms with van der Waals surface area (Å²) in [5.41, 5.74) is 0.857. The van der Waals surface area contributed by atoms with Crippen LogP contribution in [0.2, 0.25) is 0 Å². The third-order valence-electron chi connectivity index (χ3n) is 4.69. The van der Waals surface area contributed by atoms with Crippen molar-refractivity contribution in [3.05, 3.63) is 23.7 Å². The van der Waals surface area contributed by atoms with Crippen LogP contribution in [0.3, 0.4) is 0 Å². The van der Waals surface area contributed by atoms with Crippen LogP contribution in [0.1, 0.15) is 48.7 Å². The van der Waals surface area contributed by atoms with Crippen LogP contribution in [0.25, 0.3) is 0 Å². The lowest BCUT2D eigenvalue weighted by molar-refractivity contribution is 0.0925. The fourth-order valence-corrected chi connectivity index (χ4v) is 3.19. The van der Waals surface area contributed by atoms with Crippen molar-refractivity contribution < 1.29 is 9.21 Å². The normalized spacial score (nSPS) is 15.9. The smallest absolute Gasteiger partial charge is 0.287 e. The highest BCUT2D eigenvalue weighted by atomic mass is 127. The highest BCUT2D eigenvalue weighted by molar-refractivity contribution is 14.0. The molecular weight excluding hydrogens is 457 g/mol. The van der Waals surface area contributed by atoms with Gasteiger partial charge in [0.05, 0.1) is 6.26 Å². The van der Waals surface area contributed by atoms with Gasteiger partial charge in [-0.25, -0.2) is 0 Å². The number of piperidine rings is 1. The van der Waals surface area contributed by atoms with Crippen LogP contribution in [0.15, 0.2) is 21.7 Å². The van der Waals surface area contributed by atoms with Crippen molar-refractivity contribution in [3.63, 3.8) is 0 Å². The lowest BCUT2D eigenvalue weighted by atomic mass is 10.1. The molecular formula is C19H34IN5O2. The summed E-state index contributed by atoms with van der Waals surface area (Å²) < 4.78 is 5.19. The summed E-state index contributed by atoms with van der Waals surface area (Å²) in [6.07, 6.45) is 5.88. The molecule has 1 fully saturated rings. The van der Waals surface area contributed by atoms with Crippen molar-refractivity contribution in [3.8, 4) is 0 Å². The van der Waals surface area contributed by atoms with Crippen molar-refractivity contribution in [2.45, 2.75) is 45.6 Å². The average Bonchev–Trinajstić information content (AvgIpc) is 3.08. The second kappa shape index (κ2) is 13.0. The second-order valence-corrected chi connectivity index (χ2v) is 6.80. The van der Waals surface area contributed by atoms with E-state index in [2.05, 4.69) is 32.8 Å². The number of hydrogen-bond acceptors (Lipinski definition) is 4. The Morgan fingerprint density at radius 2 is 2.00 bits per heavy atom. The molecule has 0 aromatic carbocycles. The first-order valence-electron chi connectivity index (χ1n) is 9.65. The van der Waals surface area contributed by atoms with Gasteiger partial charge in [-0.15, -0.1) is 24.0 Å². The molecule has 0 unspecified atom stereocenters. The zero-order valence-electron chi connectivity index (χ0n) is 16.7. The van der Waals surface area contributed by atoms with Gasteiger partial charge in [-0.3, -0.25) is 9.79 Å². The van der Waals surface area contributed by atoms with Crippen LogP contribution in [-0.4, -0.2) is 62.6 Å². The Hall–Kier alpha value is -1.29. The maximum absolute atomic E-state index is 12.0. The van der Waals surface area contributed by atoms with E-state index in [4.69, 9.17) is 4.42 Å². The molecule has 0 aliphatic carbocycles. The summed E-state index contributed by atoms with van der Waals surface area (Å²) in [7, 11) is 1.79. The van der Waals surface area contributed by atoms with Gasteiger partial charge in [0.2, 0.25) is 0 Å². The number of furan rings is 1. The van der Waals surface area contributed by atoms with Crippen LogP contribution in [0.4, 0.5) is 0 Å². The first kappa shape index (κ1) is 23.7. The van der Waals surface area contributed by atoms with E-state index >= 15 is 0 Å². The number of guanidine groups is 1. The first-order chi connectivity index (χ1) is 12.6. The molecule has 154 valence electrons. The lowest BCUT2D eigenvalue weighted by Gasteiger charge is -2.32. The molecule has 1 aliphatic heterocycles. The van der Waals surface area contributed by atoms with Gasteiger partial charge in [-0.1, -0.05) is 6.92 Å². The fourth-order valence-electron chi connectivity index (χ4n) is 3.19. The predicted molar refractivity (Wildman–Crippen MR) is 120 cm³/mol. The molecule has 8 heteroatoms. The van der Waals surface area contributed by atoms with Crippen molar-refractivity contribution in [1.29, 1.82) is 0 Å². The van der Waals surface area contributed by atoms with Gasteiger partial charge in [0.25, 0.3) is 5.91 Å². The fraction of sp³-hybridized carbons (Fsp3) is 0.684. The van der Waals surface area contributed by atoms with Crippen molar-refractivity contribution in [1.82, 2.24) is 20.9 Å². The lowest BCUT2D eigenvalue weighted by Crippen LogP contribution is -2.49. The molecule has 7 nitrogen and oxygen atoms in total. The highest BCUT2D eigenvalue weighted by Gasteiger charge is 2.19. The molecule has 2 heterocycles. The summed E-state index contributed by atoms with van der Waals surface area (Å²) in [4.78, 5) is 18.8. The molecule has 0 spiro atoms. The van der Waals surface area contributed by atoms with E-state index in [9.17, 15) is 4.79 Å². The summed E-state index contributed by atoms with van der Waals surface area (Å²) in [6, 6.07) is 2.27. The Morgan fingerprint density at radius 3 is 2.59 bits per heavy atom. The quantitative estimate of drug-likeness (QED) is 0.225. The van der Waals surface area contributed by atoms with Gasteiger partial charge in [0.15, 0.2) is 11.7 Å². The number of aliphatic imine (C=N–C) groups is 1. The predicted octanol–water partition coefficient (Wildman–Crippen LogP) is 2.37. The van der Waals surface area contributed by atoms with Gasteiger partial charge in [0, 0.05) is 44.8 Å². The Morgan fingerprint density at radius 1 is 1.30 bits per heavy atom. The number of amides is 1. The number of nitrogens with zero attached hydrogens (tertiary/aromatic N) is 2. The molecule has 1 aromatic heterocycles. The number of nitrogens with one attached hydrogen (secondary N) is 3. The van der Waals surface area contributed by atoms with Gasteiger partial charge in [-0.2, -0.15) is 0 Å². The van der Waals surface area contributed by atoms with E-state index in [1.54, 1.807) is 13.1 Å². The number of carbonyl (C=O) groups is 1. The summed E-state index contributed by atoms with van der Waals surface area (Å²) in [5.74, 6) is 1.07. The Kier molecular flexibility index (Phi) is 11.4. The van der Waals surface area contributed by atoms with Crippen LogP contribution in [-0.2, 0) is 0 Å². The van der Waals surface area contributed by atoms with Gasteiger partial charge < -0.3 is 25.3 Å². The van der Waals surface area contributed by atoms with Gasteiger partial charge in [0.1, 0.15) is 0 Å². The van der Waals surface area contributed by atoms with Crippen molar-refractivity contribution in [2.24, 2.45) is 4.99 Å². The largest absolute Gasteiger partial charge is 0.459 e. The van der Waals surface area contributed by atoms with Crippen LogP contribution in [0, 0.1) is 6.92 Å². The maximum Gasteiger partial charge on any atom is 0.287 e. The second-order valence-electron chi connectivity index (χ2n) is 6.80. The molecule has 1 aromatic rings. The van der Waals surface area contributed by atoms with Gasteiger partial charge >= 0.3 is 0 Å². The topological polar surface area (TPSA) is 81.9 Å². The third kappa shape index (κ3) is 8.08. The first-order valence-corrected chi connectivity index (χ1v) is 9.65. The maximum atomic E-state index is 12.0. The Bertz CT molecular complexity index is 582. The molecule has 1 aliphatic rings. The van der Waals surface area contributed by atoms with Crippen LogP contribution in [0.5, 0.6) is 0 Å². The van der Waals surface area contributed by atoms with E-state index in [1.807, 2.05) is 6.92 Å². The van der Waals surface area contributed by atoms with E-state index in [-0.39, 0.29) is 29.9 Å². The zero-order valence-corrected chi connectivity index (χ0v) is 19.0. The monoisotopic (exact) mass is 491 g/mol. The van der Waals surface area contributed by atoms with Crippen LogP contribution < -0.4 is 16.0 Å². The number of halogens is 1. The highest BCUT2D eigenvalue weighted by Crippen LogP contribution is 2.10. The van der Waals surface area contributed by atoms with Crippen molar-refractivity contribution in [2.75, 3.05) is 39.8 Å². The number of aryl methyl sites for hydroxylation is 1. The minimum Gasteiger partial charge on any atom is -0.459 e. The Balaban J connectivity index is 0.00000364. The van der Waals surface area contributed by atoms with Crippen LogP contribution >= 0.6 is 24.0 Å². The number of likely N-dealkylation sites (tertiary alicyclic amines) is 1. The van der Waals surface area contributed by atoms with E-state index in [1.165, 1.54) is 19.2 Å². The van der Waals surface area contributed by atoms with E-state index < -0.39 is 0 Å². The minimum absolute atomic E-state index is 0. The number of rotatable bonds is 8. The van der Waals surface area contributed by atoms with E-state index in [0.717, 1.165) is 50.4 Å². The molecule has 2 rings (SSSR count). The third-order valence-corrected chi connectivity index (χ3v) is 4.69. The summed E-state index contributed by atoms with van der Waals surface area (Å²) in [5, 5.41) is 9.71. The van der Waals surface area contributed by atoms with E-state index in [0.29, 0.717) is 18.3 Å². The van der Waals surface area contributed by atoms with Crippen molar-refractivity contribution >= 4 is 35.8 Å². The average molecular weight is 491 g/mol. The summed E-state index contributed by atoms with van der Waals surface area (Å²) >= 11 is 0.